The molecule has 0 saturated carbocycles. The van der Waals surface area contributed by atoms with Crippen molar-refractivity contribution in [2.75, 3.05) is 0 Å². The predicted octanol–water partition coefficient (Wildman–Crippen LogP) is 11.0. The fourth-order valence-corrected chi connectivity index (χ4v) is 7.31. The van der Waals surface area contributed by atoms with Crippen LogP contribution in [0, 0.1) is 22.7 Å². The van der Waals surface area contributed by atoms with Crippen molar-refractivity contribution in [3.63, 3.8) is 0 Å². The number of aromatic nitrogens is 2. The SMILES string of the molecule is N#Cc1ccc(-c2ccc(-c3c(C#N)cccc3-n3c4ccccc4c4ccccc43)cc2)cc1-n1c2ccccc2c2ccccc21. The Morgan fingerprint density at radius 3 is 1.29 bits per heavy atom. The summed E-state index contributed by atoms with van der Waals surface area (Å²) in [7, 11) is 0. The monoisotopic (exact) mass is 610 g/mol. The van der Waals surface area contributed by atoms with Crippen LogP contribution in [-0.4, -0.2) is 9.13 Å². The quantitative estimate of drug-likeness (QED) is 0.199. The second kappa shape index (κ2) is 10.9. The van der Waals surface area contributed by atoms with Gasteiger partial charge >= 0.3 is 0 Å². The van der Waals surface area contributed by atoms with Crippen LogP contribution in [0.3, 0.4) is 0 Å². The Hall–Kier alpha value is -6.88. The van der Waals surface area contributed by atoms with Crippen molar-refractivity contribution in [1.82, 2.24) is 9.13 Å². The molecule has 0 unspecified atom stereocenters. The van der Waals surface area contributed by atoms with Gasteiger partial charge in [-0.15, -0.1) is 0 Å². The summed E-state index contributed by atoms with van der Waals surface area (Å²) in [4.78, 5) is 0. The minimum absolute atomic E-state index is 0.612. The average Bonchev–Trinajstić information content (AvgIpc) is 3.67. The zero-order valence-corrected chi connectivity index (χ0v) is 25.8. The van der Waals surface area contributed by atoms with Gasteiger partial charge in [0, 0.05) is 27.1 Å². The van der Waals surface area contributed by atoms with Gasteiger partial charge in [-0.1, -0.05) is 109 Å². The Morgan fingerprint density at radius 1 is 0.354 bits per heavy atom. The van der Waals surface area contributed by atoms with E-state index in [2.05, 4.69) is 143 Å². The van der Waals surface area contributed by atoms with E-state index in [1.54, 1.807) is 0 Å². The van der Waals surface area contributed by atoms with Crippen LogP contribution in [0.25, 0.3) is 77.2 Å². The average molecular weight is 611 g/mol. The van der Waals surface area contributed by atoms with Gasteiger partial charge in [-0.3, -0.25) is 0 Å². The number of hydrogen-bond donors (Lipinski definition) is 0. The first-order chi connectivity index (χ1) is 23.7. The highest BCUT2D eigenvalue weighted by Crippen LogP contribution is 2.39. The van der Waals surface area contributed by atoms with Crippen LogP contribution in [0.15, 0.2) is 158 Å². The molecular formula is C44H26N4. The summed E-state index contributed by atoms with van der Waals surface area (Å²) in [5.74, 6) is 0. The molecule has 0 aliphatic carbocycles. The Morgan fingerprint density at radius 2 is 0.792 bits per heavy atom. The molecule has 0 saturated heterocycles. The van der Waals surface area contributed by atoms with Crippen molar-refractivity contribution in [3.05, 3.63) is 169 Å². The fourth-order valence-electron chi connectivity index (χ4n) is 7.31. The molecule has 0 atom stereocenters. The van der Waals surface area contributed by atoms with Crippen LogP contribution in [0.5, 0.6) is 0 Å². The number of nitriles is 2. The molecule has 0 aliphatic rings. The molecule has 0 bridgehead atoms. The molecule has 9 aromatic rings. The summed E-state index contributed by atoms with van der Waals surface area (Å²) in [5.41, 5.74) is 11.3. The lowest BCUT2D eigenvalue weighted by molar-refractivity contribution is 1.17. The number of nitrogens with zero attached hydrogens (tertiary/aromatic N) is 4. The zero-order valence-electron chi connectivity index (χ0n) is 25.8. The predicted molar refractivity (Wildman–Crippen MR) is 195 cm³/mol. The Bertz CT molecular complexity index is 2690. The van der Waals surface area contributed by atoms with Crippen molar-refractivity contribution in [1.29, 1.82) is 10.5 Å². The Labute approximate surface area is 277 Å². The topological polar surface area (TPSA) is 57.4 Å². The highest BCUT2D eigenvalue weighted by atomic mass is 15.0. The van der Waals surface area contributed by atoms with Crippen molar-refractivity contribution in [2.24, 2.45) is 0 Å². The van der Waals surface area contributed by atoms with Gasteiger partial charge in [0.1, 0.15) is 6.07 Å². The molecule has 0 radical (unpaired) electrons. The third-order valence-corrected chi connectivity index (χ3v) is 9.43. The Balaban J connectivity index is 1.20. The number of para-hydroxylation sites is 4. The molecule has 2 heterocycles. The molecule has 4 nitrogen and oxygen atoms in total. The lowest BCUT2D eigenvalue weighted by Gasteiger charge is -2.16. The molecule has 9 rings (SSSR count). The minimum Gasteiger partial charge on any atom is -0.309 e. The van der Waals surface area contributed by atoms with Gasteiger partial charge in [0.25, 0.3) is 0 Å². The molecule has 0 fully saturated rings. The third kappa shape index (κ3) is 4.07. The maximum atomic E-state index is 10.3. The lowest BCUT2D eigenvalue weighted by Crippen LogP contribution is -1.99. The van der Waals surface area contributed by atoms with E-state index in [1.165, 1.54) is 10.8 Å². The van der Waals surface area contributed by atoms with Gasteiger partial charge in [-0.2, -0.15) is 10.5 Å². The molecule has 0 N–H and O–H groups in total. The second-order valence-electron chi connectivity index (χ2n) is 12.0. The van der Waals surface area contributed by atoms with Crippen molar-refractivity contribution >= 4 is 43.6 Å². The molecule has 0 aliphatic heterocycles. The molecular weight excluding hydrogens is 585 g/mol. The highest BCUT2D eigenvalue weighted by Gasteiger charge is 2.19. The van der Waals surface area contributed by atoms with Gasteiger partial charge in [-0.05, 0) is 65.2 Å². The summed E-state index contributed by atoms with van der Waals surface area (Å²) in [5, 5.41) is 25.1. The summed E-state index contributed by atoms with van der Waals surface area (Å²) in [6.45, 7) is 0. The van der Waals surface area contributed by atoms with E-state index in [9.17, 15) is 10.5 Å². The number of fused-ring (bicyclic) bond motifs is 6. The van der Waals surface area contributed by atoms with Crippen molar-refractivity contribution < 1.29 is 0 Å². The van der Waals surface area contributed by atoms with E-state index < -0.39 is 0 Å². The molecule has 222 valence electrons. The minimum atomic E-state index is 0.612. The first-order valence-electron chi connectivity index (χ1n) is 15.9. The maximum absolute atomic E-state index is 10.3. The Kier molecular flexibility index (Phi) is 6.22. The lowest BCUT2D eigenvalue weighted by atomic mass is 9.95. The third-order valence-electron chi connectivity index (χ3n) is 9.43. The number of hydrogen-bond acceptors (Lipinski definition) is 2. The van der Waals surface area contributed by atoms with E-state index in [4.69, 9.17) is 0 Å². The van der Waals surface area contributed by atoms with Gasteiger partial charge in [0.2, 0.25) is 0 Å². The normalized spacial score (nSPS) is 11.3. The van der Waals surface area contributed by atoms with Gasteiger partial charge in [0.15, 0.2) is 0 Å². The van der Waals surface area contributed by atoms with Crippen LogP contribution < -0.4 is 0 Å². The molecule has 48 heavy (non-hydrogen) atoms. The van der Waals surface area contributed by atoms with Crippen molar-refractivity contribution in [3.8, 4) is 45.8 Å². The van der Waals surface area contributed by atoms with E-state index in [1.807, 2.05) is 36.4 Å². The number of rotatable bonds is 4. The van der Waals surface area contributed by atoms with Crippen molar-refractivity contribution in [2.45, 2.75) is 0 Å². The standard InChI is InChI=1S/C44H26N4/c45-27-32-25-24-31(26-43(32)48-40-17-7-3-13-36(40)37-14-4-8-18-41(37)48)29-20-22-30(23-21-29)44-33(28-46)10-9-19-42(44)47-38-15-5-1-11-34(38)35-12-2-6-16-39(35)47/h1-26H. The van der Waals surface area contributed by atoms with E-state index in [0.29, 0.717) is 11.1 Å². The first-order valence-corrected chi connectivity index (χ1v) is 15.9. The summed E-state index contributed by atoms with van der Waals surface area (Å²) >= 11 is 0. The fraction of sp³-hybridized carbons (Fsp3) is 0. The maximum Gasteiger partial charge on any atom is 0.101 e. The summed E-state index contributed by atoms with van der Waals surface area (Å²) in [6.07, 6.45) is 0. The van der Waals surface area contributed by atoms with Gasteiger partial charge in [0.05, 0.1) is 50.6 Å². The van der Waals surface area contributed by atoms with Crippen LogP contribution >= 0.6 is 0 Å². The summed E-state index contributed by atoms with van der Waals surface area (Å²) < 4.78 is 4.47. The van der Waals surface area contributed by atoms with E-state index in [0.717, 1.165) is 66.5 Å². The van der Waals surface area contributed by atoms with E-state index in [-0.39, 0.29) is 0 Å². The van der Waals surface area contributed by atoms with Gasteiger partial charge in [-0.25, -0.2) is 0 Å². The zero-order chi connectivity index (χ0) is 32.2. The smallest absolute Gasteiger partial charge is 0.101 e. The van der Waals surface area contributed by atoms with E-state index >= 15 is 0 Å². The molecule has 0 spiro atoms. The molecule has 2 aromatic heterocycles. The van der Waals surface area contributed by atoms with Gasteiger partial charge < -0.3 is 9.13 Å². The number of benzene rings is 7. The van der Waals surface area contributed by atoms with Crippen LogP contribution in [0.1, 0.15) is 11.1 Å². The second-order valence-corrected chi connectivity index (χ2v) is 12.0. The molecule has 4 heteroatoms. The molecule has 7 aromatic carbocycles. The first kappa shape index (κ1) is 27.4. The van der Waals surface area contributed by atoms with Crippen LogP contribution in [0.4, 0.5) is 0 Å². The molecule has 0 amide bonds. The van der Waals surface area contributed by atoms with Crippen LogP contribution in [0.2, 0.25) is 0 Å². The largest absolute Gasteiger partial charge is 0.309 e. The highest BCUT2D eigenvalue weighted by molar-refractivity contribution is 6.10. The summed E-state index contributed by atoms with van der Waals surface area (Å²) in [6, 6.07) is 58.8. The van der Waals surface area contributed by atoms with Crippen LogP contribution in [-0.2, 0) is 0 Å².